The predicted molar refractivity (Wildman–Crippen MR) is 62.9 cm³/mol. The quantitative estimate of drug-likeness (QED) is 0.796. The van der Waals surface area contributed by atoms with Crippen LogP contribution in [0.1, 0.15) is 19.0 Å². The second-order valence-corrected chi connectivity index (χ2v) is 4.49. The number of nitrogens with zero attached hydrogens (tertiary/aromatic N) is 2. The molecule has 82 valence electrons. The van der Waals surface area contributed by atoms with E-state index in [2.05, 4.69) is 28.9 Å². The lowest BCUT2D eigenvalue weighted by Gasteiger charge is -2.23. The SMILES string of the molecule is Cc1cc(N2CC(CN)CC2C)ccn1. The van der Waals surface area contributed by atoms with Gasteiger partial charge in [-0.25, -0.2) is 0 Å². The van der Waals surface area contributed by atoms with E-state index in [0.29, 0.717) is 12.0 Å². The van der Waals surface area contributed by atoms with Crippen LogP contribution in [0.25, 0.3) is 0 Å². The first-order valence-corrected chi connectivity index (χ1v) is 5.60. The van der Waals surface area contributed by atoms with Crippen molar-refractivity contribution >= 4 is 5.69 Å². The molecule has 0 spiro atoms. The molecule has 3 nitrogen and oxygen atoms in total. The summed E-state index contributed by atoms with van der Waals surface area (Å²) in [6.07, 6.45) is 3.09. The number of pyridine rings is 1. The number of rotatable bonds is 2. The standard InChI is InChI=1S/C12H19N3/c1-9-5-12(3-4-14-9)15-8-11(7-13)6-10(15)2/h3-5,10-11H,6-8,13H2,1-2H3. The number of hydrogen-bond acceptors (Lipinski definition) is 3. The molecule has 2 heterocycles. The van der Waals surface area contributed by atoms with Crippen molar-refractivity contribution in [1.82, 2.24) is 4.98 Å². The van der Waals surface area contributed by atoms with Crippen LogP contribution in [0.3, 0.4) is 0 Å². The van der Waals surface area contributed by atoms with Gasteiger partial charge in [-0.3, -0.25) is 4.98 Å². The van der Waals surface area contributed by atoms with E-state index in [1.165, 1.54) is 12.1 Å². The van der Waals surface area contributed by atoms with Gasteiger partial charge in [-0.1, -0.05) is 0 Å². The molecule has 1 aliphatic heterocycles. The molecule has 1 aliphatic rings. The minimum Gasteiger partial charge on any atom is -0.368 e. The van der Waals surface area contributed by atoms with Gasteiger partial charge >= 0.3 is 0 Å². The predicted octanol–water partition coefficient (Wildman–Crippen LogP) is 1.56. The van der Waals surface area contributed by atoms with E-state index in [4.69, 9.17) is 5.73 Å². The second kappa shape index (κ2) is 4.19. The van der Waals surface area contributed by atoms with Crippen LogP contribution in [-0.2, 0) is 0 Å². The minimum atomic E-state index is 0.598. The highest BCUT2D eigenvalue weighted by molar-refractivity contribution is 5.48. The first-order valence-electron chi connectivity index (χ1n) is 5.60. The molecule has 0 aliphatic carbocycles. The first-order chi connectivity index (χ1) is 7.20. The number of hydrogen-bond donors (Lipinski definition) is 1. The summed E-state index contributed by atoms with van der Waals surface area (Å²) in [4.78, 5) is 6.66. The lowest BCUT2D eigenvalue weighted by Crippen LogP contribution is -2.27. The van der Waals surface area contributed by atoms with E-state index in [1.807, 2.05) is 13.1 Å². The van der Waals surface area contributed by atoms with Crippen LogP contribution in [-0.4, -0.2) is 24.1 Å². The number of aryl methyl sites for hydroxylation is 1. The Balaban J connectivity index is 2.17. The second-order valence-electron chi connectivity index (χ2n) is 4.49. The highest BCUT2D eigenvalue weighted by Gasteiger charge is 2.28. The van der Waals surface area contributed by atoms with Crippen LogP contribution in [0, 0.1) is 12.8 Å². The van der Waals surface area contributed by atoms with Crippen molar-refractivity contribution in [2.24, 2.45) is 11.7 Å². The zero-order chi connectivity index (χ0) is 10.8. The third kappa shape index (κ3) is 2.12. The van der Waals surface area contributed by atoms with E-state index in [9.17, 15) is 0 Å². The van der Waals surface area contributed by atoms with Crippen molar-refractivity contribution in [3.05, 3.63) is 24.0 Å². The Morgan fingerprint density at radius 2 is 2.40 bits per heavy atom. The average molecular weight is 205 g/mol. The number of nitrogens with two attached hydrogens (primary N) is 1. The minimum absolute atomic E-state index is 0.598. The molecule has 1 fully saturated rings. The van der Waals surface area contributed by atoms with E-state index in [0.717, 1.165) is 18.8 Å². The maximum Gasteiger partial charge on any atom is 0.0402 e. The Bertz CT molecular complexity index is 337. The van der Waals surface area contributed by atoms with Crippen LogP contribution in [0.15, 0.2) is 18.3 Å². The highest BCUT2D eigenvalue weighted by atomic mass is 15.2. The fourth-order valence-electron chi connectivity index (χ4n) is 2.38. The summed E-state index contributed by atoms with van der Waals surface area (Å²) in [6, 6.07) is 4.83. The fraction of sp³-hybridized carbons (Fsp3) is 0.583. The van der Waals surface area contributed by atoms with Gasteiger partial charge in [0.2, 0.25) is 0 Å². The fourth-order valence-corrected chi connectivity index (χ4v) is 2.38. The third-order valence-electron chi connectivity index (χ3n) is 3.21. The van der Waals surface area contributed by atoms with Gasteiger partial charge in [0.05, 0.1) is 0 Å². The van der Waals surface area contributed by atoms with E-state index >= 15 is 0 Å². The van der Waals surface area contributed by atoms with Crippen LogP contribution < -0.4 is 10.6 Å². The van der Waals surface area contributed by atoms with E-state index in [1.54, 1.807) is 0 Å². The van der Waals surface area contributed by atoms with Gasteiger partial charge in [0.25, 0.3) is 0 Å². The van der Waals surface area contributed by atoms with Crippen molar-refractivity contribution in [3.8, 4) is 0 Å². The third-order valence-corrected chi connectivity index (χ3v) is 3.21. The summed E-state index contributed by atoms with van der Waals surface area (Å²) >= 11 is 0. The number of anilines is 1. The lowest BCUT2D eigenvalue weighted by molar-refractivity contribution is 0.579. The molecule has 0 bridgehead atoms. The molecule has 1 aromatic heterocycles. The van der Waals surface area contributed by atoms with Crippen molar-refractivity contribution < 1.29 is 0 Å². The molecule has 0 radical (unpaired) electrons. The van der Waals surface area contributed by atoms with Crippen molar-refractivity contribution in [3.63, 3.8) is 0 Å². The van der Waals surface area contributed by atoms with Crippen LogP contribution in [0.4, 0.5) is 5.69 Å². The Kier molecular flexibility index (Phi) is 2.91. The van der Waals surface area contributed by atoms with Crippen molar-refractivity contribution in [1.29, 1.82) is 0 Å². The van der Waals surface area contributed by atoms with Gasteiger partial charge in [-0.15, -0.1) is 0 Å². The molecule has 0 aromatic carbocycles. The van der Waals surface area contributed by atoms with Crippen LogP contribution in [0.5, 0.6) is 0 Å². The zero-order valence-corrected chi connectivity index (χ0v) is 9.48. The molecule has 2 rings (SSSR count). The van der Waals surface area contributed by atoms with Gasteiger partial charge in [-0.2, -0.15) is 0 Å². The maximum absolute atomic E-state index is 5.73. The Morgan fingerprint density at radius 1 is 1.60 bits per heavy atom. The Morgan fingerprint density at radius 3 is 3.00 bits per heavy atom. The normalized spacial score (nSPS) is 25.9. The summed E-state index contributed by atoms with van der Waals surface area (Å²) in [5, 5.41) is 0. The Hall–Kier alpha value is -1.09. The van der Waals surface area contributed by atoms with Gasteiger partial charge < -0.3 is 10.6 Å². The summed E-state index contributed by atoms with van der Waals surface area (Å²) in [6.45, 7) is 6.18. The molecule has 0 saturated carbocycles. The van der Waals surface area contributed by atoms with Crippen LogP contribution >= 0.6 is 0 Å². The molecule has 0 amide bonds. The lowest BCUT2D eigenvalue weighted by atomic mass is 10.1. The van der Waals surface area contributed by atoms with E-state index < -0.39 is 0 Å². The molecule has 15 heavy (non-hydrogen) atoms. The first kappa shape index (κ1) is 10.4. The summed E-state index contributed by atoms with van der Waals surface area (Å²) in [7, 11) is 0. The summed E-state index contributed by atoms with van der Waals surface area (Å²) in [5.41, 5.74) is 8.09. The van der Waals surface area contributed by atoms with Crippen molar-refractivity contribution in [2.45, 2.75) is 26.3 Å². The maximum atomic E-state index is 5.73. The summed E-state index contributed by atoms with van der Waals surface area (Å²) < 4.78 is 0. The van der Waals surface area contributed by atoms with Crippen molar-refractivity contribution in [2.75, 3.05) is 18.0 Å². The van der Waals surface area contributed by atoms with E-state index in [-0.39, 0.29) is 0 Å². The molecule has 1 saturated heterocycles. The average Bonchev–Trinajstić information content (AvgIpc) is 2.60. The smallest absolute Gasteiger partial charge is 0.0402 e. The van der Waals surface area contributed by atoms with Gasteiger partial charge in [-0.05, 0) is 44.9 Å². The molecule has 2 atom stereocenters. The molecular formula is C12H19N3. The monoisotopic (exact) mass is 205 g/mol. The Labute approximate surface area is 91.3 Å². The molecule has 2 N–H and O–H groups in total. The zero-order valence-electron chi connectivity index (χ0n) is 9.48. The highest BCUT2D eigenvalue weighted by Crippen LogP contribution is 2.28. The number of aromatic nitrogens is 1. The molecular weight excluding hydrogens is 186 g/mol. The van der Waals surface area contributed by atoms with Gasteiger partial charge in [0, 0.05) is 30.2 Å². The molecule has 1 aromatic rings. The molecule has 3 heteroatoms. The molecule has 2 unspecified atom stereocenters. The van der Waals surface area contributed by atoms with Crippen LogP contribution in [0.2, 0.25) is 0 Å². The summed E-state index contributed by atoms with van der Waals surface area (Å²) in [5.74, 6) is 0.647. The van der Waals surface area contributed by atoms with Gasteiger partial charge in [0.15, 0.2) is 0 Å². The van der Waals surface area contributed by atoms with Gasteiger partial charge in [0.1, 0.15) is 0 Å². The topological polar surface area (TPSA) is 42.1 Å². The largest absolute Gasteiger partial charge is 0.368 e.